The van der Waals surface area contributed by atoms with Gasteiger partial charge in [0, 0.05) is 24.4 Å². The highest BCUT2D eigenvalue weighted by molar-refractivity contribution is 7.14. The van der Waals surface area contributed by atoms with Gasteiger partial charge in [-0.3, -0.25) is 4.79 Å². The minimum Gasteiger partial charge on any atom is -0.490 e. The maximum Gasteiger partial charge on any atom is 0.223 e. The van der Waals surface area contributed by atoms with Gasteiger partial charge in [-0.1, -0.05) is 29.6 Å². The van der Waals surface area contributed by atoms with Gasteiger partial charge in [0.15, 0.2) is 0 Å². The molecule has 1 aromatic heterocycles. The zero-order chi connectivity index (χ0) is 23.1. The lowest BCUT2D eigenvalue weighted by Gasteiger charge is -2.29. The molecule has 0 spiro atoms. The van der Waals surface area contributed by atoms with E-state index >= 15 is 0 Å². The summed E-state index contributed by atoms with van der Waals surface area (Å²) in [4.78, 5) is 14.3. The third-order valence-corrected chi connectivity index (χ3v) is 7.76. The van der Waals surface area contributed by atoms with Gasteiger partial charge in [-0.05, 0) is 55.9 Å². The van der Waals surface area contributed by atoms with E-state index in [1.54, 1.807) is 11.3 Å². The van der Waals surface area contributed by atoms with Crippen LogP contribution in [-0.4, -0.2) is 51.4 Å². The Morgan fingerprint density at radius 1 is 1.36 bits per heavy atom. The fraction of sp³-hybridized carbons (Fsp3) is 0.440. The molecule has 1 amide bonds. The summed E-state index contributed by atoms with van der Waals surface area (Å²) in [5.41, 5.74) is 2.61. The number of fused-ring (bicyclic) bond motifs is 3. The van der Waals surface area contributed by atoms with E-state index in [1.165, 1.54) is 5.57 Å². The summed E-state index contributed by atoms with van der Waals surface area (Å²) in [6.07, 6.45) is 7.86. The fourth-order valence-electron chi connectivity index (χ4n) is 5.42. The van der Waals surface area contributed by atoms with E-state index in [-0.39, 0.29) is 36.5 Å². The third-order valence-electron chi connectivity index (χ3n) is 6.68. The molecule has 3 aliphatic rings. The number of nitrogens with zero attached hydrogens (tertiary/aromatic N) is 4. The number of ether oxygens (including phenoxy) is 1. The van der Waals surface area contributed by atoms with Gasteiger partial charge >= 0.3 is 0 Å². The van der Waals surface area contributed by atoms with E-state index in [1.807, 2.05) is 36.9 Å². The summed E-state index contributed by atoms with van der Waals surface area (Å²) in [6, 6.07) is 7.85. The minimum absolute atomic E-state index is 0.00841. The molecular weight excluding hydrogens is 436 g/mol. The highest BCUT2D eigenvalue weighted by Gasteiger charge is 2.51. The zero-order valence-corrected chi connectivity index (χ0v) is 19.5. The molecule has 1 aromatic carbocycles. The Morgan fingerprint density at radius 3 is 2.97 bits per heavy atom. The number of aromatic nitrogens is 2. The maximum absolute atomic E-state index is 12.4. The van der Waals surface area contributed by atoms with Crippen molar-refractivity contribution in [2.75, 3.05) is 13.2 Å². The second-order valence-electron chi connectivity index (χ2n) is 9.07. The molecular formula is C25H26N4O3S. The third kappa shape index (κ3) is 3.85. The van der Waals surface area contributed by atoms with Gasteiger partial charge < -0.3 is 14.7 Å². The van der Waals surface area contributed by atoms with Crippen molar-refractivity contribution in [3.63, 3.8) is 0 Å². The molecule has 5 rings (SSSR count). The number of hydrogen-bond acceptors (Lipinski definition) is 7. The average Bonchev–Trinajstić information content (AvgIpc) is 3.49. The Labute approximate surface area is 197 Å². The first kappa shape index (κ1) is 21.8. The SMILES string of the molecule is CC(C)Oc1ccc(-c2nnc(C3C=CC=C4C3CC3CC(=O)N(CCO)C43)s2)cc1C#N. The molecule has 2 fully saturated rings. The predicted molar refractivity (Wildman–Crippen MR) is 125 cm³/mol. The maximum atomic E-state index is 12.4. The molecule has 2 aliphatic carbocycles. The lowest BCUT2D eigenvalue weighted by molar-refractivity contribution is -0.129. The van der Waals surface area contributed by atoms with Crippen LogP contribution in [-0.2, 0) is 4.79 Å². The first-order valence-corrected chi connectivity index (χ1v) is 12.1. The van der Waals surface area contributed by atoms with Gasteiger partial charge in [0.1, 0.15) is 21.8 Å². The molecule has 4 atom stereocenters. The fourth-order valence-corrected chi connectivity index (χ4v) is 6.41. The Hall–Kier alpha value is -3.02. The van der Waals surface area contributed by atoms with E-state index in [9.17, 15) is 15.2 Å². The lowest BCUT2D eigenvalue weighted by Crippen LogP contribution is -2.37. The molecule has 0 radical (unpaired) electrons. The quantitative estimate of drug-likeness (QED) is 0.703. The van der Waals surface area contributed by atoms with Crippen LogP contribution >= 0.6 is 11.3 Å². The summed E-state index contributed by atoms with van der Waals surface area (Å²) in [5.74, 6) is 1.41. The van der Waals surface area contributed by atoms with E-state index in [2.05, 4.69) is 34.5 Å². The minimum atomic E-state index is -0.0163. The lowest BCUT2D eigenvalue weighted by atomic mass is 9.83. The van der Waals surface area contributed by atoms with Crippen molar-refractivity contribution in [2.24, 2.45) is 11.8 Å². The van der Waals surface area contributed by atoms with Crippen LogP contribution in [0.3, 0.4) is 0 Å². The van der Waals surface area contributed by atoms with Gasteiger partial charge in [0.05, 0.1) is 24.3 Å². The van der Waals surface area contributed by atoms with Crippen molar-refractivity contribution < 1.29 is 14.6 Å². The molecule has 170 valence electrons. The van der Waals surface area contributed by atoms with Crippen LogP contribution in [0, 0.1) is 23.2 Å². The monoisotopic (exact) mass is 462 g/mol. The van der Waals surface area contributed by atoms with Crippen molar-refractivity contribution in [1.29, 1.82) is 5.26 Å². The van der Waals surface area contributed by atoms with Gasteiger partial charge in [-0.25, -0.2) is 0 Å². The average molecular weight is 463 g/mol. The van der Waals surface area contributed by atoms with Gasteiger partial charge in [-0.15, -0.1) is 10.2 Å². The molecule has 8 heteroatoms. The van der Waals surface area contributed by atoms with Crippen LogP contribution in [0.1, 0.15) is 43.2 Å². The van der Waals surface area contributed by atoms with Crippen LogP contribution in [0.5, 0.6) is 5.75 Å². The van der Waals surface area contributed by atoms with Crippen molar-refractivity contribution in [3.05, 3.63) is 52.6 Å². The summed E-state index contributed by atoms with van der Waals surface area (Å²) < 4.78 is 5.73. The number of hydrogen-bond donors (Lipinski definition) is 1. The predicted octanol–water partition coefficient (Wildman–Crippen LogP) is 3.67. The second-order valence-corrected chi connectivity index (χ2v) is 10.1. The number of allylic oxidation sites excluding steroid dienone is 3. The highest BCUT2D eigenvalue weighted by atomic mass is 32.1. The topological polar surface area (TPSA) is 99.3 Å². The van der Waals surface area contributed by atoms with Gasteiger partial charge in [-0.2, -0.15) is 5.26 Å². The van der Waals surface area contributed by atoms with Crippen LogP contribution in [0.2, 0.25) is 0 Å². The number of amides is 1. The molecule has 0 bridgehead atoms. The Kier molecular flexibility index (Phi) is 5.77. The number of nitriles is 1. The van der Waals surface area contributed by atoms with E-state index in [4.69, 9.17) is 4.74 Å². The van der Waals surface area contributed by atoms with Crippen LogP contribution in [0.4, 0.5) is 0 Å². The van der Waals surface area contributed by atoms with Gasteiger partial charge in [0.2, 0.25) is 5.91 Å². The van der Waals surface area contributed by atoms with Crippen LogP contribution in [0.25, 0.3) is 10.6 Å². The molecule has 1 N–H and O–H groups in total. The van der Waals surface area contributed by atoms with Crippen molar-refractivity contribution in [1.82, 2.24) is 15.1 Å². The molecule has 2 aromatic rings. The number of aliphatic hydroxyl groups excluding tert-OH is 1. The van der Waals surface area contributed by atoms with E-state index in [0.29, 0.717) is 30.2 Å². The molecule has 4 unspecified atom stereocenters. The zero-order valence-electron chi connectivity index (χ0n) is 18.6. The van der Waals surface area contributed by atoms with E-state index in [0.717, 1.165) is 22.0 Å². The molecule has 1 saturated heterocycles. The number of β-amino-alcohol motifs (C(OH)–C–C–N with tert-alkyl or cyclic N) is 1. The molecule has 1 saturated carbocycles. The van der Waals surface area contributed by atoms with Gasteiger partial charge in [0.25, 0.3) is 0 Å². The van der Waals surface area contributed by atoms with E-state index < -0.39 is 0 Å². The standard InChI is InChI=1S/C25H26N4O3S/c1-14(2)32-21-7-6-15(10-17(21)13-26)24-27-28-25(33-24)19-5-3-4-18-20(19)11-16-12-22(31)29(8-9-30)23(16)18/h3-7,10,14,16,19-20,23,30H,8-9,11-12H2,1-2H3. The molecule has 1 aliphatic heterocycles. The number of carbonyl (C=O) groups is 1. The first-order valence-electron chi connectivity index (χ1n) is 11.3. The van der Waals surface area contributed by atoms with Crippen LogP contribution in [0.15, 0.2) is 42.0 Å². The van der Waals surface area contributed by atoms with Crippen molar-refractivity contribution >= 4 is 17.2 Å². The normalized spacial score (nSPS) is 25.7. The van der Waals surface area contributed by atoms with Crippen LogP contribution < -0.4 is 4.74 Å². The summed E-state index contributed by atoms with van der Waals surface area (Å²) in [6.45, 7) is 4.24. The molecule has 33 heavy (non-hydrogen) atoms. The second kappa shape index (κ2) is 8.73. The largest absolute Gasteiger partial charge is 0.490 e. The molecule has 2 heterocycles. The number of likely N-dealkylation sites (tertiary alicyclic amines) is 1. The number of rotatable bonds is 6. The Bertz CT molecular complexity index is 1180. The first-order chi connectivity index (χ1) is 16.0. The van der Waals surface area contributed by atoms with Crippen molar-refractivity contribution in [3.8, 4) is 22.4 Å². The smallest absolute Gasteiger partial charge is 0.223 e. The summed E-state index contributed by atoms with van der Waals surface area (Å²) in [7, 11) is 0. The Morgan fingerprint density at radius 2 is 2.21 bits per heavy atom. The summed E-state index contributed by atoms with van der Waals surface area (Å²) in [5, 5.41) is 29.7. The number of benzene rings is 1. The summed E-state index contributed by atoms with van der Waals surface area (Å²) >= 11 is 1.55. The highest BCUT2D eigenvalue weighted by Crippen LogP contribution is 2.52. The van der Waals surface area contributed by atoms with Crippen molar-refractivity contribution in [2.45, 2.75) is 44.8 Å². The number of aliphatic hydroxyl groups is 1. The Balaban J connectivity index is 1.39. The molecule has 7 nitrogen and oxygen atoms in total. The number of carbonyl (C=O) groups excluding carboxylic acids is 1.